The van der Waals surface area contributed by atoms with Crippen LogP contribution in [0.15, 0.2) is 24.3 Å². The average molecular weight is 400 g/mol. The molecule has 0 saturated carbocycles. The van der Waals surface area contributed by atoms with E-state index in [9.17, 15) is 4.79 Å². The monoisotopic (exact) mass is 399 g/mol. The van der Waals surface area contributed by atoms with E-state index in [1.54, 1.807) is 0 Å². The Kier molecular flexibility index (Phi) is 8.55. The molecular weight excluding hydrogens is 358 g/mol. The lowest BCUT2D eigenvalue weighted by Crippen LogP contribution is -2.42. The van der Waals surface area contributed by atoms with Gasteiger partial charge in [-0.05, 0) is 87.7 Å². The second kappa shape index (κ2) is 11.1. The first-order chi connectivity index (χ1) is 14.1. The molecule has 4 nitrogen and oxygen atoms in total. The number of piperidine rings is 1. The summed E-state index contributed by atoms with van der Waals surface area (Å²) in [6.45, 7) is 8.20. The molecule has 2 bridgehead atoms. The van der Waals surface area contributed by atoms with Crippen LogP contribution in [0.2, 0.25) is 0 Å². The zero-order valence-corrected chi connectivity index (χ0v) is 18.5. The third-order valence-corrected chi connectivity index (χ3v) is 7.38. The first-order valence-corrected chi connectivity index (χ1v) is 12.0. The normalized spacial score (nSPS) is 24.3. The second-order valence-electron chi connectivity index (χ2n) is 9.23. The minimum Gasteiger partial charge on any atom is -0.366 e. The van der Waals surface area contributed by atoms with E-state index in [1.807, 2.05) is 18.2 Å². The molecule has 0 aliphatic carbocycles. The van der Waals surface area contributed by atoms with Gasteiger partial charge in [0, 0.05) is 17.6 Å². The number of unbranched alkanes of at least 4 members (excludes halogenated alkanes) is 2. The molecule has 4 heteroatoms. The van der Waals surface area contributed by atoms with Gasteiger partial charge in [-0.15, -0.1) is 0 Å². The number of nitrogens with two attached hydrogens (primary N) is 1. The van der Waals surface area contributed by atoms with Gasteiger partial charge >= 0.3 is 0 Å². The van der Waals surface area contributed by atoms with Crippen LogP contribution in [-0.4, -0.2) is 42.5 Å². The molecule has 2 aliphatic heterocycles. The number of hydrogen-bond acceptors (Lipinski definition) is 3. The van der Waals surface area contributed by atoms with E-state index in [-0.39, 0.29) is 5.91 Å². The summed E-state index contributed by atoms with van der Waals surface area (Å²) in [5.74, 6) is 1.11. The zero-order valence-electron chi connectivity index (χ0n) is 18.5. The van der Waals surface area contributed by atoms with Crippen LogP contribution in [0.5, 0.6) is 0 Å². The van der Waals surface area contributed by atoms with Gasteiger partial charge in [-0.3, -0.25) is 9.69 Å². The first-order valence-electron chi connectivity index (χ1n) is 12.0. The Labute approximate surface area is 177 Å². The molecule has 2 heterocycles. The third-order valence-electron chi connectivity index (χ3n) is 7.38. The molecule has 0 aromatic heterocycles. The molecule has 162 valence electrons. The van der Waals surface area contributed by atoms with Crippen molar-refractivity contribution in [3.8, 4) is 0 Å². The van der Waals surface area contributed by atoms with E-state index in [4.69, 9.17) is 5.73 Å². The van der Waals surface area contributed by atoms with Crippen molar-refractivity contribution in [2.45, 2.75) is 89.6 Å². The Morgan fingerprint density at radius 1 is 1.14 bits per heavy atom. The molecule has 29 heavy (non-hydrogen) atoms. The van der Waals surface area contributed by atoms with Crippen LogP contribution in [0.1, 0.15) is 93.5 Å². The predicted molar refractivity (Wildman–Crippen MR) is 121 cm³/mol. The standard InChI is InChI=1S/C25H41N3O/c1-3-19(4-2)18-27-13-6-5-7-14-28-23-11-12-24(28)17-22(16-23)20-9-8-10-21(15-20)25(26)29/h8-10,15,19,22-24,27H,3-7,11-14,16-18H2,1-2H3,(H2,26,29)/t22-,23+,24-. The molecule has 1 aromatic rings. The smallest absolute Gasteiger partial charge is 0.248 e. The predicted octanol–water partition coefficient (Wildman–Crippen LogP) is 4.69. The summed E-state index contributed by atoms with van der Waals surface area (Å²) < 4.78 is 0. The minimum absolute atomic E-state index is 0.318. The lowest BCUT2D eigenvalue weighted by molar-refractivity contribution is 0.1000. The molecule has 0 unspecified atom stereocenters. The molecule has 1 aromatic carbocycles. The van der Waals surface area contributed by atoms with Crippen molar-refractivity contribution in [3.63, 3.8) is 0 Å². The molecule has 3 atom stereocenters. The number of carbonyl (C=O) groups excluding carboxylic acids is 1. The largest absolute Gasteiger partial charge is 0.366 e. The Bertz CT molecular complexity index is 629. The fourth-order valence-corrected chi connectivity index (χ4v) is 5.46. The van der Waals surface area contributed by atoms with Gasteiger partial charge in [-0.1, -0.05) is 45.2 Å². The van der Waals surface area contributed by atoms with E-state index in [1.165, 1.54) is 83.0 Å². The number of fused-ring (bicyclic) bond motifs is 2. The molecule has 3 N–H and O–H groups in total. The van der Waals surface area contributed by atoms with Crippen LogP contribution < -0.4 is 11.1 Å². The summed E-state index contributed by atoms with van der Waals surface area (Å²) in [5, 5.41) is 3.65. The number of nitrogens with one attached hydrogen (secondary N) is 1. The van der Waals surface area contributed by atoms with Crippen molar-refractivity contribution in [3.05, 3.63) is 35.4 Å². The number of hydrogen-bond donors (Lipinski definition) is 2. The van der Waals surface area contributed by atoms with E-state index in [0.717, 1.165) is 18.0 Å². The van der Waals surface area contributed by atoms with Gasteiger partial charge in [0.15, 0.2) is 0 Å². The maximum atomic E-state index is 11.5. The number of rotatable bonds is 12. The summed E-state index contributed by atoms with van der Waals surface area (Å²) in [6, 6.07) is 9.47. The fourth-order valence-electron chi connectivity index (χ4n) is 5.46. The van der Waals surface area contributed by atoms with Gasteiger partial charge in [-0.2, -0.15) is 0 Å². The van der Waals surface area contributed by atoms with E-state index >= 15 is 0 Å². The third kappa shape index (κ3) is 6.05. The zero-order chi connectivity index (χ0) is 20.6. The number of primary amides is 1. The Hall–Kier alpha value is -1.39. The van der Waals surface area contributed by atoms with Crippen LogP contribution in [-0.2, 0) is 0 Å². The van der Waals surface area contributed by atoms with E-state index in [0.29, 0.717) is 11.5 Å². The molecule has 0 spiro atoms. The maximum absolute atomic E-state index is 11.5. The Morgan fingerprint density at radius 2 is 1.86 bits per heavy atom. The first kappa shape index (κ1) is 22.3. The van der Waals surface area contributed by atoms with Crippen LogP contribution in [0.3, 0.4) is 0 Å². The van der Waals surface area contributed by atoms with Gasteiger partial charge in [0.1, 0.15) is 0 Å². The summed E-state index contributed by atoms with van der Waals surface area (Å²) in [5.41, 5.74) is 7.43. The van der Waals surface area contributed by atoms with Crippen molar-refractivity contribution < 1.29 is 4.79 Å². The maximum Gasteiger partial charge on any atom is 0.248 e. The van der Waals surface area contributed by atoms with Gasteiger partial charge in [0.05, 0.1) is 0 Å². The highest BCUT2D eigenvalue weighted by Gasteiger charge is 2.40. The van der Waals surface area contributed by atoms with Crippen molar-refractivity contribution in [2.24, 2.45) is 11.7 Å². The van der Waals surface area contributed by atoms with Gasteiger partial charge in [-0.25, -0.2) is 0 Å². The highest BCUT2D eigenvalue weighted by Crippen LogP contribution is 2.43. The van der Waals surface area contributed by atoms with Crippen LogP contribution in [0, 0.1) is 5.92 Å². The molecular formula is C25H41N3O. The summed E-state index contributed by atoms with van der Waals surface area (Å²) in [4.78, 5) is 14.3. The Balaban J connectivity index is 1.39. The summed E-state index contributed by atoms with van der Waals surface area (Å²) in [6.07, 6.45) is 11.7. The molecule has 2 fully saturated rings. The average Bonchev–Trinajstić information content (AvgIpc) is 2.97. The van der Waals surface area contributed by atoms with Gasteiger partial charge < -0.3 is 11.1 Å². The summed E-state index contributed by atoms with van der Waals surface area (Å²) in [7, 11) is 0. The van der Waals surface area contributed by atoms with Gasteiger partial charge in [0.2, 0.25) is 5.91 Å². The topological polar surface area (TPSA) is 58.4 Å². The minimum atomic E-state index is -0.318. The van der Waals surface area contributed by atoms with Crippen molar-refractivity contribution in [1.82, 2.24) is 10.2 Å². The Morgan fingerprint density at radius 3 is 2.52 bits per heavy atom. The second-order valence-corrected chi connectivity index (χ2v) is 9.23. The molecule has 1 amide bonds. The molecule has 2 saturated heterocycles. The summed E-state index contributed by atoms with van der Waals surface area (Å²) >= 11 is 0. The lowest BCUT2D eigenvalue weighted by atomic mass is 9.84. The van der Waals surface area contributed by atoms with Crippen molar-refractivity contribution >= 4 is 5.91 Å². The number of nitrogens with zero attached hydrogens (tertiary/aromatic N) is 1. The highest BCUT2D eigenvalue weighted by molar-refractivity contribution is 5.92. The fraction of sp³-hybridized carbons (Fsp3) is 0.720. The lowest BCUT2D eigenvalue weighted by Gasteiger charge is -2.39. The van der Waals surface area contributed by atoms with Crippen molar-refractivity contribution in [1.29, 1.82) is 0 Å². The van der Waals surface area contributed by atoms with Crippen LogP contribution in [0.25, 0.3) is 0 Å². The number of amides is 1. The van der Waals surface area contributed by atoms with Crippen molar-refractivity contribution in [2.75, 3.05) is 19.6 Å². The molecule has 2 aliphatic rings. The quantitative estimate of drug-likeness (QED) is 0.501. The molecule has 0 radical (unpaired) electrons. The van der Waals surface area contributed by atoms with E-state index in [2.05, 4.69) is 30.1 Å². The number of benzene rings is 1. The van der Waals surface area contributed by atoms with Crippen LogP contribution in [0.4, 0.5) is 0 Å². The molecule has 3 rings (SSSR count). The SMILES string of the molecule is CCC(CC)CNCCCCCN1[C@@H]2CC[C@H]1C[C@@H](c1cccc(C(N)=O)c1)C2. The van der Waals surface area contributed by atoms with Crippen LogP contribution >= 0.6 is 0 Å². The van der Waals surface area contributed by atoms with E-state index < -0.39 is 0 Å². The number of carbonyl (C=O) groups is 1. The van der Waals surface area contributed by atoms with Gasteiger partial charge in [0.25, 0.3) is 0 Å². The highest BCUT2D eigenvalue weighted by atomic mass is 16.1.